The summed E-state index contributed by atoms with van der Waals surface area (Å²) in [5, 5.41) is 0. The zero-order valence-electron chi connectivity index (χ0n) is 7.40. The molecule has 4 heteroatoms. The van der Waals surface area contributed by atoms with Crippen LogP contribution < -0.4 is 0 Å². The van der Waals surface area contributed by atoms with Gasteiger partial charge in [0.25, 0.3) is 0 Å². The molecule has 2 aliphatic heterocycles. The van der Waals surface area contributed by atoms with Crippen molar-refractivity contribution >= 4 is 11.9 Å². The summed E-state index contributed by atoms with van der Waals surface area (Å²) in [4.78, 5) is 25.9. The molecule has 0 aromatic carbocycles. The van der Waals surface area contributed by atoms with Crippen LogP contribution >= 0.6 is 0 Å². The molecule has 0 bridgehead atoms. The quantitative estimate of drug-likeness (QED) is 0.584. The van der Waals surface area contributed by atoms with Crippen LogP contribution in [-0.4, -0.2) is 40.9 Å². The first-order chi connectivity index (χ1) is 6.24. The second kappa shape index (κ2) is 2.87. The lowest BCUT2D eigenvalue weighted by Crippen LogP contribution is -2.34. The van der Waals surface area contributed by atoms with Gasteiger partial charge in [0.2, 0.25) is 5.91 Å². The third kappa shape index (κ3) is 1.13. The summed E-state index contributed by atoms with van der Waals surface area (Å²) in [6.45, 7) is 4.79. The number of amides is 3. The third-order valence-corrected chi connectivity index (χ3v) is 2.58. The fraction of sp³-hybridized carbons (Fsp3) is 0.556. The summed E-state index contributed by atoms with van der Waals surface area (Å²) in [7, 11) is 0. The maximum Gasteiger partial charge on any atom is 0.327 e. The van der Waals surface area contributed by atoms with E-state index in [1.54, 1.807) is 11.0 Å². The second-order valence-corrected chi connectivity index (χ2v) is 3.43. The molecule has 4 nitrogen and oxygen atoms in total. The highest BCUT2D eigenvalue weighted by atomic mass is 16.2. The van der Waals surface area contributed by atoms with E-state index in [0.29, 0.717) is 19.5 Å². The molecule has 1 atom stereocenters. The standard InChI is InChI=1S/C9H12N2O2/c1-2-5-10-6-7-3-4-8(12)11(7)9(10)13/h2,7H,1,3-6H2. The molecule has 2 heterocycles. The normalized spacial score (nSPS) is 26.9. The van der Waals surface area contributed by atoms with Crippen molar-refractivity contribution in [3.8, 4) is 0 Å². The molecule has 2 saturated heterocycles. The van der Waals surface area contributed by atoms with Crippen molar-refractivity contribution in [3.63, 3.8) is 0 Å². The maximum absolute atomic E-state index is 11.6. The molecule has 2 aliphatic rings. The predicted octanol–water partition coefficient (Wildman–Crippen LogP) is 0.599. The van der Waals surface area contributed by atoms with Crippen molar-refractivity contribution < 1.29 is 9.59 Å². The molecular weight excluding hydrogens is 168 g/mol. The monoisotopic (exact) mass is 180 g/mol. The van der Waals surface area contributed by atoms with Gasteiger partial charge in [-0.25, -0.2) is 4.79 Å². The molecule has 1 unspecified atom stereocenters. The molecule has 0 saturated carbocycles. The molecule has 0 aromatic rings. The lowest BCUT2D eigenvalue weighted by molar-refractivity contribution is -0.125. The Kier molecular flexibility index (Phi) is 1.83. The van der Waals surface area contributed by atoms with Crippen LogP contribution in [0.1, 0.15) is 12.8 Å². The molecular formula is C9H12N2O2. The van der Waals surface area contributed by atoms with Gasteiger partial charge in [-0.3, -0.25) is 9.69 Å². The van der Waals surface area contributed by atoms with Gasteiger partial charge in [0, 0.05) is 19.5 Å². The van der Waals surface area contributed by atoms with Gasteiger partial charge in [0.05, 0.1) is 6.04 Å². The van der Waals surface area contributed by atoms with E-state index in [2.05, 4.69) is 6.58 Å². The highest BCUT2D eigenvalue weighted by Gasteiger charge is 2.44. The minimum absolute atomic E-state index is 0.0263. The molecule has 0 N–H and O–H groups in total. The SMILES string of the molecule is C=CCN1CC2CCC(=O)N2C1=O. The second-order valence-electron chi connectivity index (χ2n) is 3.43. The average Bonchev–Trinajstić information content (AvgIpc) is 2.58. The van der Waals surface area contributed by atoms with E-state index >= 15 is 0 Å². The lowest BCUT2D eigenvalue weighted by Gasteiger charge is -2.13. The Morgan fingerprint density at radius 2 is 2.31 bits per heavy atom. The fourth-order valence-corrected chi connectivity index (χ4v) is 1.97. The first-order valence-corrected chi connectivity index (χ1v) is 4.46. The highest BCUT2D eigenvalue weighted by Crippen LogP contribution is 2.26. The Balaban J connectivity index is 2.14. The zero-order valence-corrected chi connectivity index (χ0v) is 7.40. The van der Waals surface area contributed by atoms with Crippen molar-refractivity contribution in [3.05, 3.63) is 12.7 Å². The van der Waals surface area contributed by atoms with Crippen LogP contribution in [0, 0.1) is 0 Å². The minimum atomic E-state index is -0.146. The number of imide groups is 1. The fourth-order valence-electron chi connectivity index (χ4n) is 1.97. The van der Waals surface area contributed by atoms with Gasteiger partial charge in [0.1, 0.15) is 0 Å². The number of nitrogens with zero attached hydrogens (tertiary/aromatic N) is 2. The van der Waals surface area contributed by atoms with E-state index in [-0.39, 0.29) is 18.0 Å². The molecule has 2 fully saturated rings. The topological polar surface area (TPSA) is 40.6 Å². The van der Waals surface area contributed by atoms with Crippen molar-refractivity contribution in [2.45, 2.75) is 18.9 Å². The number of urea groups is 1. The van der Waals surface area contributed by atoms with Crippen molar-refractivity contribution in [2.75, 3.05) is 13.1 Å². The third-order valence-electron chi connectivity index (χ3n) is 2.58. The molecule has 13 heavy (non-hydrogen) atoms. The van der Waals surface area contributed by atoms with E-state index in [4.69, 9.17) is 0 Å². The van der Waals surface area contributed by atoms with Crippen molar-refractivity contribution in [2.24, 2.45) is 0 Å². The van der Waals surface area contributed by atoms with Gasteiger partial charge >= 0.3 is 6.03 Å². The highest BCUT2D eigenvalue weighted by molar-refractivity contribution is 5.98. The first-order valence-electron chi connectivity index (χ1n) is 4.46. The van der Waals surface area contributed by atoms with Crippen LogP contribution in [0.2, 0.25) is 0 Å². The number of rotatable bonds is 2. The van der Waals surface area contributed by atoms with Crippen LogP contribution in [-0.2, 0) is 4.79 Å². The Morgan fingerprint density at radius 1 is 1.54 bits per heavy atom. The van der Waals surface area contributed by atoms with Gasteiger partial charge in [0.15, 0.2) is 0 Å². The first kappa shape index (κ1) is 8.29. The molecule has 0 aliphatic carbocycles. The van der Waals surface area contributed by atoms with Crippen LogP contribution in [0.3, 0.4) is 0 Å². The molecule has 3 amide bonds. The van der Waals surface area contributed by atoms with Crippen LogP contribution in [0.5, 0.6) is 0 Å². The smallest absolute Gasteiger partial charge is 0.318 e. The van der Waals surface area contributed by atoms with Gasteiger partial charge in [-0.05, 0) is 6.42 Å². The Bertz CT molecular complexity index is 275. The summed E-state index contributed by atoms with van der Waals surface area (Å²) in [5.41, 5.74) is 0. The van der Waals surface area contributed by atoms with Gasteiger partial charge in [-0.1, -0.05) is 6.08 Å². The predicted molar refractivity (Wildman–Crippen MR) is 47.0 cm³/mol. The summed E-state index contributed by atoms with van der Waals surface area (Å²) in [6, 6.07) is -0.0210. The summed E-state index contributed by atoms with van der Waals surface area (Å²) in [5.74, 6) is -0.0263. The van der Waals surface area contributed by atoms with Crippen molar-refractivity contribution in [1.82, 2.24) is 9.80 Å². The Labute approximate surface area is 76.8 Å². The van der Waals surface area contributed by atoms with E-state index in [9.17, 15) is 9.59 Å². The van der Waals surface area contributed by atoms with Gasteiger partial charge < -0.3 is 4.90 Å². The van der Waals surface area contributed by atoms with E-state index in [1.807, 2.05) is 0 Å². The molecule has 2 rings (SSSR count). The largest absolute Gasteiger partial charge is 0.327 e. The molecule has 0 radical (unpaired) electrons. The zero-order chi connectivity index (χ0) is 9.42. The Morgan fingerprint density at radius 3 is 2.92 bits per heavy atom. The molecule has 70 valence electrons. The maximum atomic E-state index is 11.6. The number of hydrogen-bond donors (Lipinski definition) is 0. The van der Waals surface area contributed by atoms with E-state index < -0.39 is 0 Å². The van der Waals surface area contributed by atoms with E-state index in [0.717, 1.165) is 6.42 Å². The summed E-state index contributed by atoms with van der Waals surface area (Å²) >= 11 is 0. The number of fused-ring (bicyclic) bond motifs is 1. The lowest BCUT2D eigenvalue weighted by atomic mass is 10.2. The number of carbonyl (C=O) groups excluding carboxylic acids is 2. The number of carbonyl (C=O) groups is 2. The molecule has 0 aromatic heterocycles. The van der Waals surface area contributed by atoms with Gasteiger partial charge in [-0.15, -0.1) is 6.58 Å². The van der Waals surface area contributed by atoms with Crippen LogP contribution in [0.4, 0.5) is 4.79 Å². The van der Waals surface area contributed by atoms with Gasteiger partial charge in [-0.2, -0.15) is 0 Å². The minimum Gasteiger partial charge on any atom is -0.318 e. The van der Waals surface area contributed by atoms with Crippen LogP contribution in [0.15, 0.2) is 12.7 Å². The molecule has 0 spiro atoms. The summed E-state index contributed by atoms with van der Waals surface area (Å²) < 4.78 is 0. The van der Waals surface area contributed by atoms with Crippen molar-refractivity contribution in [1.29, 1.82) is 0 Å². The Hall–Kier alpha value is -1.32. The average molecular weight is 180 g/mol. The number of hydrogen-bond acceptors (Lipinski definition) is 2. The van der Waals surface area contributed by atoms with Crippen LogP contribution in [0.25, 0.3) is 0 Å². The van der Waals surface area contributed by atoms with E-state index in [1.165, 1.54) is 4.90 Å². The summed E-state index contributed by atoms with van der Waals surface area (Å²) in [6.07, 6.45) is 3.03.